The summed E-state index contributed by atoms with van der Waals surface area (Å²) in [4.78, 5) is 17.4. The van der Waals surface area contributed by atoms with E-state index >= 15 is 0 Å². The Balaban J connectivity index is 1.70. The Hall–Kier alpha value is -2.80. The van der Waals surface area contributed by atoms with Crippen LogP contribution in [0, 0.1) is 0 Å². The van der Waals surface area contributed by atoms with Crippen molar-refractivity contribution in [3.8, 4) is 11.4 Å². The first-order chi connectivity index (χ1) is 11.3. The molecule has 0 aromatic carbocycles. The lowest BCUT2D eigenvalue weighted by molar-refractivity contribution is 1.12. The Labute approximate surface area is 140 Å². The molecule has 112 valence electrons. The minimum absolute atomic E-state index is 0.489. The van der Waals surface area contributed by atoms with Gasteiger partial charge in [-0.25, -0.2) is 19.9 Å². The summed E-state index contributed by atoms with van der Waals surface area (Å²) in [6, 6.07) is 11.5. The van der Waals surface area contributed by atoms with Crippen molar-refractivity contribution in [3.05, 3.63) is 65.7 Å². The van der Waals surface area contributed by atoms with Gasteiger partial charge in [-0.2, -0.15) is 0 Å². The molecule has 0 radical (unpaired) electrons. The minimum atomic E-state index is 0.489. The third-order valence-electron chi connectivity index (χ3n) is 3.30. The Bertz CT molecular complexity index is 964. The van der Waals surface area contributed by atoms with Gasteiger partial charge < -0.3 is 5.32 Å². The Morgan fingerprint density at radius 3 is 2.78 bits per heavy atom. The first-order valence-corrected chi connectivity index (χ1v) is 7.73. The molecule has 6 nitrogen and oxygen atoms in total. The highest BCUT2D eigenvalue weighted by Gasteiger charge is 2.08. The van der Waals surface area contributed by atoms with Crippen molar-refractivity contribution in [1.82, 2.24) is 24.3 Å². The van der Waals surface area contributed by atoms with Crippen LogP contribution >= 0.6 is 15.9 Å². The van der Waals surface area contributed by atoms with Crippen molar-refractivity contribution < 1.29 is 0 Å². The molecule has 0 saturated heterocycles. The maximum Gasteiger partial charge on any atom is 0.228 e. The normalized spacial score (nSPS) is 10.8. The quantitative estimate of drug-likeness (QED) is 0.598. The van der Waals surface area contributed by atoms with Crippen molar-refractivity contribution >= 4 is 33.3 Å². The summed E-state index contributed by atoms with van der Waals surface area (Å²) in [5, 5.41) is 3.10. The molecule has 0 unspecified atom stereocenters. The van der Waals surface area contributed by atoms with Crippen molar-refractivity contribution in [3.63, 3.8) is 0 Å². The second-order valence-corrected chi connectivity index (χ2v) is 5.74. The van der Waals surface area contributed by atoms with Crippen LogP contribution in [0.3, 0.4) is 0 Å². The Morgan fingerprint density at radius 2 is 1.91 bits per heavy atom. The van der Waals surface area contributed by atoms with Crippen LogP contribution in [0.2, 0.25) is 0 Å². The number of nitrogens with one attached hydrogen (secondary N) is 1. The number of nitrogens with zero attached hydrogens (tertiary/aromatic N) is 5. The van der Waals surface area contributed by atoms with Crippen LogP contribution in [0.4, 0.5) is 11.8 Å². The van der Waals surface area contributed by atoms with E-state index in [1.54, 1.807) is 18.6 Å². The standard InChI is InChI=1S/C16H11BrN6/c17-11-4-5-14(19-9-11)22-16-18-7-6-12(21-16)13-10-20-15-3-1-2-8-23(13)15/h1-10H,(H,18,19,21,22). The van der Waals surface area contributed by atoms with Crippen LogP contribution in [-0.4, -0.2) is 24.3 Å². The highest BCUT2D eigenvalue weighted by molar-refractivity contribution is 9.10. The van der Waals surface area contributed by atoms with Crippen LogP contribution in [0.25, 0.3) is 17.0 Å². The van der Waals surface area contributed by atoms with E-state index < -0.39 is 0 Å². The van der Waals surface area contributed by atoms with E-state index in [1.165, 1.54) is 0 Å². The van der Waals surface area contributed by atoms with Crippen LogP contribution in [0.5, 0.6) is 0 Å². The summed E-state index contributed by atoms with van der Waals surface area (Å²) in [6.45, 7) is 0. The van der Waals surface area contributed by atoms with Crippen molar-refractivity contribution in [1.29, 1.82) is 0 Å². The average Bonchev–Trinajstić information content (AvgIpc) is 3.01. The van der Waals surface area contributed by atoms with E-state index in [1.807, 2.05) is 47.0 Å². The summed E-state index contributed by atoms with van der Waals surface area (Å²) in [6.07, 6.45) is 7.20. The van der Waals surface area contributed by atoms with Gasteiger partial charge >= 0.3 is 0 Å². The van der Waals surface area contributed by atoms with Gasteiger partial charge in [0.15, 0.2) is 0 Å². The monoisotopic (exact) mass is 366 g/mol. The topological polar surface area (TPSA) is 68.0 Å². The molecule has 4 heterocycles. The first-order valence-electron chi connectivity index (χ1n) is 6.94. The molecule has 0 aliphatic rings. The van der Waals surface area contributed by atoms with E-state index in [2.05, 4.69) is 41.2 Å². The second kappa shape index (κ2) is 5.77. The number of hydrogen-bond donors (Lipinski definition) is 1. The van der Waals surface area contributed by atoms with Crippen LogP contribution in [0.1, 0.15) is 0 Å². The van der Waals surface area contributed by atoms with Gasteiger partial charge in [0.25, 0.3) is 0 Å². The van der Waals surface area contributed by atoms with Crippen LogP contribution in [-0.2, 0) is 0 Å². The number of aromatic nitrogens is 5. The molecule has 4 aromatic rings. The van der Waals surface area contributed by atoms with E-state index in [-0.39, 0.29) is 0 Å². The van der Waals surface area contributed by atoms with Gasteiger partial charge in [-0.15, -0.1) is 0 Å². The molecule has 0 aliphatic heterocycles. The highest BCUT2D eigenvalue weighted by atomic mass is 79.9. The summed E-state index contributed by atoms with van der Waals surface area (Å²) in [7, 11) is 0. The molecule has 0 bridgehead atoms. The number of fused-ring (bicyclic) bond motifs is 1. The van der Waals surface area contributed by atoms with Crippen molar-refractivity contribution in [2.75, 3.05) is 5.32 Å². The van der Waals surface area contributed by atoms with Crippen LogP contribution < -0.4 is 5.32 Å². The zero-order valence-electron chi connectivity index (χ0n) is 11.9. The summed E-state index contributed by atoms with van der Waals surface area (Å²) < 4.78 is 2.91. The van der Waals surface area contributed by atoms with Gasteiger partial charge in [0, 0.05) is 23.1 Å². The first kappa shape index (κ1) is 13.8. The fraction of sp³-hybridized carbons (Fsp3) is 0. The largest absolute Gasteiger partial charge is 0.309 e. The molecule has 0 aliphatic carbocycles. The molecule has 4 aromatic heterocycles. The van der Waals surface area contributed by atoms with Gasteiger partial charge in [-0.1, -0.05) is 6.07 Å². The van der Waals surface area contributed by atoms with Crippen molar-refractivity contribution in [2.24, 2.45) is 0 Å². The molecule has 0 amide bonds. The predicted octanol–water partition coefficient (Wildman–Crippen LogP) is 3.69. The van der Waals surface area contributed by atoms with Crippen LogP contribution in [0.15, 0.2) is 65.7 Å². The summed E-state index contributed by atoms with van der Waals surface area (Å²) >= 11 is 3.36. The predicted molar refractivity (Wildman–Crippen MR) is 91.4 cm³/mol. The van der Waals surface area contributed by atoms with E-state index in [4.69, 9.17) is 0 Å². The second-order valence-electron chi connectivity index (χ2n) is 4.82. The van der Waals surface area contributed by atoms with E-state index in [9.17, 15) is 0 Å². The molecular weight excluding hydrogens is 356 g/mol. The fourth-order valence-corrected chi connectivity index (χ4v) is 2.48. The molecule has 1 N–H and O–H groups in total. The van der Waals surface area contributed by atoms with Crippen molar-refractivity contribution in [2.45, 2.75) is 0 Å². The third-order valence-corrected chi connectivity index (χ3v) is 3.77. The lowest BCUT2D eigenvalue weighted by atomic mass is 10.3. The number of rotatable bonds is 3. The molecule has 7 heteroatoms. The maximum absolute atomic E-state index is 4.55. The van der Waals surface area contributed by atoms with Gasteiger partial charge in [0.1, 0.15) is 11.5 Å². The average molecular weight is 367 g/mol. The Kier molecular flexibility index (Phi) is 3.47. The third kappa shape index (κ3) is 2.78. The van der Waals surface area contributed by atoms with Gasteiger partial charge in [-0.3, -0.25) is 4.40 Å². The number of halogens is 1. The van der Waals surface area contributed by atoms with Gasteiger partial charge in [-0.05, 0) is 46.3 Å². The van der Waals surface area contributed by atoms with Gasteiger partial charge in [0.05, 0.1) is 17.6 Å². The number of anilines is 2. The molecule has 23 heavy (non-hydrogen) atoms. The lowest BCUT2D eigenvalue weighted by Gasteiger charge is -2.06. The lowest BCUT2D eigenvalue weighted by Crippen LogP contribution is -2.00. The SMILES string of the molecule is Brc1ccc(Nc2nccc(-c3cnc4ccccn34)n2)nc1. The molecule has 0 saturated carbocycles. The van der Waals surface area contributed by atoms with E-state index in [0.29, 0.717) is 11.8 Å². The molecule has 0 atom stereocenters. The van der Waals surface area contributed by atoms with Gasteiger partial charge in [0.2, 0.25) is 5.95 Å². The summed E-state index contributed by atoms with van der Waals surface area (Å²) in [5.74, 6) is 1.17. The zero-order valence-corrected chi connectivity index (χ0v) is 13.5. The number of imidazole rings is 1. The Morgan fingerprint density at radius 1 is 0.957 bits per heavy atom. The molecule has 4 rings (SSSR count). The summed E-state index contributed by atoms with van der Waals surface area (Å²) in [5.41, 5.74) is 2.58. The molecule has 0 spiro atoms. The van der Waals surface area contributed by atoms with E-state index in [0.717, 1.165) is 21.5 Å². The number of pyridine rings is 2. The number of hydrogen-bond acceptors (Lipinski definition) is 5. The molecular formula is C16H11BrN6. The highest BCUT2D eigenvalue weighted by Crippen LogP contribution is 2.20. The smallest absolute Gasteiger partial charge is 0.228 e. The minimum Gasteiger partial charge on any atom is -0.309 e. The maximum atomic E-state index is 4.55. The molecule has 0 fully saturated rings. The zero-order chi connectivity index (χ0) is 15.6. The fourth-order valence-electron chi connectivity index (χ4n) is 2.25.